The number of rotatable bonds is 8. The predicted molar refractivity (Wildman–Crippen MR) is 109 cm³/mol. The number of halogens is 1. The van der Waals surface area contributed by atoms with Crippen LogP contribution in [0.3, 0.4) is 0 Å². The van der Waals surface area contributed by atoms with Crippen LogP contribution in [0.15, 0.2) is 34.2 Å². The number of nitrogens with one attached hydrogen (secondary N) is 2. The van der Waals surface area contributed by atoms with Crippen molar-refractivity contribution in [3.63, 3.8) is 0 Å². The minimum Gasteiger partial charge on any atom is -0.356 e. The van der Waals surface area contributed by atoms with Gasteiger partial charge in [0.15, 0.2) is 5.96 Å². The lowest BCUT2D eigenvalue weighted by molar-refractivity contribution is 0.733. The monoisotopic (exact) mass is 439 g/mol. The number of nitrogens with zero attached hydrogens (tertiary/aromatic N) is 1. The Hall–Kier alpha value is -0.0800. The Labute approximate surface area is 154 Å². The van der Waals surface area contributed by atoms with E-state index in [0.717, 1.165) is 19.0 Å². The van der Waals surface area contributed by atoms with Gasteiger partial charge in [0.05, 0.1) is 0 Å². The summed E-state index contributed by atoms with van der Waals surface area (Å²) >= 11 is 3.67. The van der Waals surface area contributed by atoms with Gasteiger partial charge in [-0.2, -0.15) is 11.8 Å². The average Bonchev–Trinajstić information content (AvgIpc) is 2.50. The van der Waals surface area contributed by atoms with E-state index in [1.165, 1.54) is 29.1 Å². The van der Waals surface area contributed by atoms with Crippen LogP contribution in [0.2, 0.25) is 0 Å². The van der Waals surface area contributed by atoms with E-state index in [1.807, 2.05) is 18.8 Å². The van der Waals surface area contributed by atoms with Crippen molar-refractivity contribution >= 4 is 53.5 Å². The van der Waals surface area contributed by atoms with Gasteiger partial charge >= 0.3 is 0 Å². The molecule has 0 aliphatic rings. The van der Waals surface area contributed by atoms with Crippen molar-refractivity contribution in [1.82, 2.24) is 10.6 Å². The molecule has 6 heteroatoms. The molecule has 2 N–H and O–H groups in total. The maximum absolute atomic E-state index is 4.24. The van der Waals surface area contributed by atoms with Gasteiger partial charge in [-0.3, -0.25) is 4.99 Å². The number of unbranched alkanes of at least 4 members (excludes halogenated alkanes) is 1. The Balaban J connectivity index is 0.00000400. The van der Waals surface area contributed by atoms with E-state index in [1.54, 1.807) is 11.8 Å². The molecule has 1 aromatic carbocycles. The molecule has 0 radical (unpaired) electrons. The maximum atomic E-state index is 4.24. The summed E-state index contributed by atoms with van der Waals surface area (Å²) in [6, 6.07) is 8.62. The second-order valence-corrected chi connectivity index (χ2v) is 6.27. The fourth-order valence-corrected chi connectivity index (χ4v) is 2.63. The molecule has 0 saturated heterocycles. The highest BCUT2D eigenvalue weighted by Crippen LogP contribution is 2.14. The van der Waals surface area contributed by atoms with Crippen LogP contribution in [0.25, 0.3) is 0 Å². The van der Waals surface area contributed by atoms with Crippen LogP contribution < -0.4 is 10.6 Å². The van der Waals surface area contributed by atoms with Gasteiger partial charge < -0.3 is 10.6 Å². The van der Waals surface area contributed by atoms with Crippen LogP contribution in [-0.4, -0.2) is 37.8 Å². The molecule has 120 valence electrons. The third kappa shape index (κ3) is 9.52. The van der Waals surface area contributed by atoms with Gasteiger partial charge in [0.25, 0.3) is 0 Å². The fourth-order valence-electron chi connectivity index (χ4n) is 1.73. The summed E-state index contributed by atoms with van der Waals surface area (Å²) in [7, 11) is 1.81. The first-order chi connectivity index (χ1) is 9.80. The normalized spacial score (nSPS) is 10.9. The highest BCUT2D eigenvalue weighted by molar-refractivity contribution is 14.0. The lowest BCUT2D eigenvalue weighted by Crippen LogP contribution is -2.37. The van der Waals surface area contributed by atoms with E-state index in [-0.39, 0.29) is 24.0 Å². The van der Waals surface area contributed by atoms with E-state index in [9.17, 15) is 0 Å². The van der Waals surface area contributed by atoms with Crippen molar-refractivity contribution in [2.75, 3.05) is 31.9 Å². The van der Waals surface area contributed by atoms with Crippen molar-refractivity contribution in [3.8, 4) is 0 Å². The average molecular weight is 439 g/mol. The summed E-state index contributed by atoms with van der Waals surface area (Å²) in [6.45, 7) is 1.78. The second kappa shape index (κ2) is 13.6. The Morgan fingerprint density at radius 2 is 1.81 bits per heavy atom. The summed E-state index contributed by atoms with van der Waals surface area (Å²) in [4.78, 5) is 5.54. The third-order valence-electron chi connectivity index (χ3n) is 2.91. The lowest BCUT2D eigenvalue weighted by Gasteiger charge is -2.12. The van der Waals surface area contributed by atoms with Crippen molar-refractivity contribution in [3.05, 3.63) is 29.8 Å². The molecular weight excluding hydrogens is 413 g/mol. The van der Waals surface area contributed by atoms with Crippen molar-refractivity contribution in [1.29, 1.82) is 0 Å². The molecule has 0 amide bonds. The maximum Gasteiger partial charge on any atom is 0.191 e. The molecule has 0 atom stereocenters. The topological polar surface area (TPSA) is 36.4 Å². The molecule has 0 saturated carbocycles. The Bertz CT molecular complexity index is 396. The molecule has 0 unspecified atom stereocenters. The zero-order chi connectivity index (χ0) is 14.6. The van der Waals surface area contributed by atoms with Gasteiger partial charge in [-0.25, -0.2) is 0 Å². The SMILES string of the molecule is CN=C(NCCCCSC)NCc1ccc(SC)cc1.I. The summed E-state index contributed by atoms with van der Waals surface area (Å²) < 4.78 is 0. The van der Waals surface area contributed by atoms with Gasteiger partial charge in [0.1, 0.15) is 0 Å². The summed E-state index contributed by atoms with van der Waals surface area (Å²) in [5.74, 6) is 2.11. The molecule has 0 aromatic heterocycles. The van der Waals surface area contributed by atoms with Crippen LogP contribution in [-0.2, 0) is 6.54 Å². The Morgan fingerprint density at radius 3 is 2.38 bits per heavy atom. The number of aliphatic imine (C=N–C) groups is 1. The smallest absolute Gasteiger partial charge is 0.191 e. The highest BCUT2D eigenvalue weighted by atomic mass is 127. The molecule has 1 aromatic rings. The first kappa shape index (κ1) is 20.9. The lowest BCUT2D eigenvalue weighted by atomic mass is 10.2. The quantitative estimate of drug-likeness (QED) is 0.212. The zero-order valence-corrected chi connectivity index (χ0v) is 17.0. The van der Waals surface area contributed by atoms with Crippen LogP contribution in [0.5, 0.6) is 0 Å². The van der Waals surface area contributed by atoms with Gasteiger partial charge in [0, 0.05) is 25.0 Å². The van der Waals surface area contributed by atoms with Crippen LogP contribution >= 0.6 is 47.5 Å². The molecule has 0 aliphatic carbocycles. The molecule has 0 heterocycles. The minimum atomic E-state index is 0. The third-order valence-corrected chi connectivity index (χ3v) is 4.35. The van der Waals surface area contributed by atoms with Crippen LogP contribution in [0.1, 0.15) is 18.4 Å². The molecule has 0 spiro atoms. The summed E-state index contributed by atoms with van der Waals surface area (Å²) in [5, 5.41) is 6.69. The van der Waals surface area contributed by atoms with Gasteiger partial charge in [-0.1, -0.05) is 12.1 Å². The minimum absolute atomic E-state index is 0. The van der Waals surface area contributed by atoms with Crippen molar-refractivity contribution in [2.24, 2.45) is 4.99 Å². The summed E-state index contributed by atoms with van der Waals surface area (Å²) in [6.07, 6.45) is 6.68. The van der Waals surface area contributed by atoms with E-state index in [0.29, 0.717) is 0 Å². The molecular formula is C15H26IN3S2. The predicted octanol–water partition coefficient (Wildman–Crippen LogP) is 3.83. The number of hydrogen-bond acceptors (Lipinski definition) is 3. The molecule has 0 bridgehead atoms. The molecule has 3 nitrogen and oxygen atoms in total. The van der Waals surface area contributed by atoms with Crippen molar-refractivity contribution < 1.29 is 0 Å². The summed E-state index contributed by atoms with van der Waals surface area (Å²) in [5.41, 5.74) is 1.27. The number of thioether (sulfide) groups is 2. The second-order valence-electron chi connectivity index (χ2n) is 4.40. The zero-order valence-electron chi connectivity index (χ0n) is 13.0. The highest BCUT2D eigenvalue weighted by Gasteiger charge is 1.98. The van der Waals surface area contributed by atoms with E-state index < -0.39 is 0 Å². The first-order valence-corrected chi connectivity index (χ1v) is 9.48. The van der Waals surface area contributed by atoms with Crippen molar-refractivity contribution in [2.45, 2.75) is 24.3 Å². The standard InChI is InChI=1S/C15H25N3S2.HI/c1-16-15(17-10-4-5-11-19-2)18-12-13-6-8-14(20-3)9-7-13;/h6-9H,4-5,10-12H2,1-3H3,(H2,16,17,18);1H. The number of benzene rings is 1. The molecule has 1 rings (SSSR count). The molecule has 0 fully saturated rings. The fraction of sp³-hybridized carbons (Fsp3) is 0.533. The van der Waals surface area contributed by atoms with Crippen LogP contribution in [0, 0.1) is 0 Å². The Kier molecular flexibility index (Phi) is 13.5. The number of guanidine groups is 1. The van der Waals surface area contributed by atoms with Gasteiger partial charge in [-0.05, 0) is 48.8 Å². The molecule has 21 heavy (non-hydrogen) atoms. The van der Waals surface area contributed by atoms with Gasteiger partial charge in [-0.15, -0.1) is 35.7 Å². The number of hydrogen-bond donors (Lipinski definition) is 2. The van der Waals surface area contributed by atoms with Gasteiger partial charge in [0.2, 0.25) is 0 Å². The van der Waals surface area contributed by atoms with E-state index in [2.05, 4.69) is 52.4 Å². The van der Waals surface area contributed by atoms with Crippen LogP contribution in [0.4, 0.5) is 0 Å². The largest absolute Gasteiger partial charge is 0.356 e. The Morgan fingerprint density at radius 1 is 1.10 bits per heavy atom. The molecule has 0 aliphatic heterocycles. The first-order valence-electron chi connectivity index (χ1n) is 6.86. The van der Waals surface area contributed by atoms with E-state index in [4.69, 9.17) is 0 Å². The van der Waals surface area contributed by atoms with E-state index >= 15 is 0 Å².